The molecule has 4 aromatic rings. The van der Waals surface area contributed by atoms with Gasteiger partial charge in [0.25, 0.3) is 5.91 Å². The van der Waals surface area contributed by atoms with Gasteiger partial charge in [0.15, 0.2) is 5.82 Å². The normalized spacial score (nSPS) is 16.8. The molecule has 8 nitrogen and oxygen atoms in total. The number of nitrogens with zero attached hydrogens (tertiary/aromatic N) is 6. The molecule has 1 fully saturated rings. The molecular formula is C26H23F3N6O2. The molecule has 0 spiro atoms. The van der Waals surface area contributed by atoms with Crippen LogP contribution in [0.1, 0.15) is 47.8 Å². The minimum absolute atomic E-state index is 0.0689. The van der Waals surface area contributed by atoms with Crippen LogP contribution in [0.15, 0.2) is 61.3 Å². The quantitative estimate of drug-likeness (QED) is 0.372. The summed E-state index contributed by atoms with van der Waals surface area (Å²) in [6, 6.07) is 8.49. The molecule has 1 amide bonds. The highest BCUT2D eigenvalue weighted by molar-refractivity contribution is 6.08. The molecule has 0 saturated heterocycles. The highest BCUT2D eigenvalue weighted by atomic mass is 19.4. The van der Waals surface area contributed by atoms with Gasteiger partial charge in [-0.25, -0.2) is 15.0 Å². The summed E-state index contributed by atoms with van der Waals surface area (Å²) >= 11 is 0. The second kappa shape index (κ2) is 8.75. The predicted molar refractivity (Wildman–Crippen MR) is 129 cm³/mol. The molecule has 190 valence electrons. The number of imidazole rings is 2. The van der Waals surface area contributed by atoms with E-state index in [1.54, 1.807) is 36.7 Å². The fraction of sp³-hybridized carbons (Fsp3) is 0.308. The molecule has 1 aliphatic heterocycles. The predicted octanol–water partition coefficient (Wildman–Crippen LogP) is 5.17. The van der Waals surface area contributed by atoms with Crippen LogP contribution in [0.5, 0.6) is 5.75 Å². The number of aromatic nitrogens is 5. The molecule has 6 rings (SSSR count). The van der Waals surface area contributed by atoms with Crippen LogP contribution in [0.25, 0.3) is 17.2 Å². The van der Waals surface area contributed by atoms with Crippen molar-refractivity contribution < 1.29 is 22.7 Å². The second-order valence-electron chi connectivity index (χ2n) is 9.22. The van der Waals surface area contributed by atoms with Gasteiger partial charge in [0.1, 0.15) is 29.9 Å². The number of pyridine rings is 1. The average molecular weight is 509 g/mol. The van der Waals surface area contributed by atoms with E-state index in [1.165, 1.54) is 17.3 Å². The molecule has 2 aliphatic rings. The molecular weight excluding hydrogens is 485 g/mol. The van der Waals surface area contributed by atoms with E-state index >= 15 is 0 Å². The Kier molecular flexibility index (Phi) is 5.50. The smallest absolute Gasteiger partial charge is 0.408 e. The number of carbonyl (C=O) groups excluding carboxylic acids is 1. The number of alkyl halides is 3. The van der Waals surface area contributed by atoms with Crippen molar-refractivity contribution in [2.24, 2.45) is 0 Å². The van der Waals surface area contributed by atoms with E-state index in [2.05, 4.69) is 15.0 Å². The Hall–Kier alpha value is -4.15. The number of benzene rings is 1. The Morgan fingerprint density at radius 1 is 1.14 bits per heavy atom. The maximum atomic E-state index is 13.7. The van der Waals surface area contributed by atoms with Crippen LogP contribution in [0.2, 0.25) is 0 Å². The summed E-state index contributed by atoms with van der Waals surface area (Å²) in [4.78, 5) is 28.2. The van der Waals surface area contributed by atoms with Gasteiger partial charge in [-0.1, -0.05) is 6.07 Å². The van der Waals surface area contributed by atoms with E-state index < -0.39 is 12.2 Å². The number of rotatable bonds is 5. The maximum absolute atomic E-state index is 13.7. The number of anilines is 1. The summed E-state index contributed by atoms with van der Waals surface area (Å²) in [5.41, 5.74) is 2.42. The molecule has 1 unspecified atom stereocenters. The monoisotopic (exact) mass is 508 g/mol. The van der Waals surface area contributed by atoms with Crippen LogP contribution in [-0.2, 0) is 0 Å². The van der Waals surface area contributed by atoms with Crippen LogP contribution in [-0.4, -0.2) is 49.3 Å². The molecule has 3 aromatic heterocycles. The SMILES string of the molecule is CC(n1ccnc1-c1cccc(N2CCOc3ccc(-n4cnc(C5CC5)c4)cc3C2=O)n1)C(F)(F)F. The fourth-order valence-electron chi connectivity index (χ4n) is 4.43. The van der Waals surface area contributed by atoms with Crippen molar-refractivity contribution in [3.05, 3.63) is 72.6 Å². The van der Waals surface area contributed by atoms with Crippen molar-refractivity contribution in [3.8, 4) is 23.0 Å². The van der Waals surface area contributed by atoms with Gasteiger partial charge >= 0.3 is 6.18 Å². The van der Waals surface area contributed by atoms with Crippen LogP contribution in [0.3, 0.4) is 0 Å². The zero-order valence-corrected chi connectivity index (χ0v) is 19.9. The molecule has 0 bridgehead atoms. The van der Waals surface area contributed by atoms with Crippen LogP contribution < -0.4 is 9.64 Å². The lowest BCUT2D eigenvalue weighted by molar-refractivity contribution is -0.162. The number of halogens is 3. The Morgan fingerprint density at radius 3 is 2.76 bits per heavy atom. The molecule has 4 heterocycles. The van der Waals surface area contributed by atoms with Crippen LogP contribution >= 0.6 is 0 Å². The standard InChI is InChI=1S/C26H23F3N6O2/c1-16(26(27,28)29)34-10-9-30-24(34)20-3-2-4-23(32-20)35-11-12-37-22-8-7-18(13-19(22)25(35)36)33-14-21(31-15-33)17-5-6-17/h2-4,7-10,13-17H,5-6,11-12H2,1H3. The third-order valence-corrected chi connectivity index (χ3v) is 6.71. The summed E-state index contributed by atoms with van der Waals surface area (Å²) in [6.07, 6.45) is 4.14. The Morgan fingerprint density at radius 2 is 1.97 bits per heavy atom. The molecule has 1 saturated carbocycles. The highest BCUT2D eigenvalue weighted by Gasteiger charge is 2.38. The molecule has 0 radical (unpaired) electrons. The zero-order valence-electron chi connectivity index (χ0n) is 19.9. The fourth-order valence-corrected chi connectivity index (χ4v) is 4.43. The van der Waals surface area contributed by atoms with E-state index in [-0.39, 0.29) is 30.6 Å². The third kappa shape index (κ3) is 4.34. The lowest BCUT2D eigenvalue weighted by Crippen LogP contribution is -2.33. The lowest BCUT2D eigenvalue weighted by atomic mass is 10.1. The van der Waals surface area contributed by atoms with Gasteiger partial charge in [0.2, 0.25) is 0 Å². The summed E-state index contributed by atoms with van der Waals surface area (Å²) in [7, 11) is 0. The van der Waals surface area contributed by atoms with E-state index in [1.807, 2.05) is 16.8 Å². The number of hydrogen-bond acceptors (Lipinski definition) is 5. The van der Waals surface area contributed by atoms with Gasteiger partial charge in [-0.3, -0.25) is 9.69 Å². The van der Waals surface area contributed by atoms with Gasteiger partial charge < -0.3 is 13.9 Å². The Bertz CT molecular complexity index is 1470. The van der Waals surface area contributed by atoms with Gasteiger partial charge in [-0.05, 0) is 50.1 Å². The first-order chi connectivity index (χ1) is 17.8. The van der Waals surface area contributed by atoms with Crippen molar-refractivity contribution in [2.75, 3.05) is 18.1 Å². The van der Waals surface area contributed by atoms with Crippen molar-refractivity contribution >= 4 is 11.7 Å². The van der Waals surface area contributed by atoms with Crippen molar-refractivity contribution in [1.29, 1.82) is 0 Å². The van der Waals surface area contributed by atoms with Crippen LogP contribution in [0.4, 0.5) is 19.0 Å². The molecule has 0 N–H and O–H groups in total. The summed E-state index contributed by atoms with van der Waals surface area (Å²) in [5, 5.41) is 0. The van der Waals surface area contributed by atoms with Crippen molar-refractivity contribution in [3.63, 3.8) is 0 Å². The number of fused-ring (bicyclic) bond motifs is 1. The number of amides is 1. The number of ether oxygens (including phenoxy) is 1. The lowest BCUT2D eigenvalue weighted by Gasteiger charge is -2.21. The Balaban J connectivity index is 1.33. The third-order valence-electron chi connectivity index (χ3n) is 6.71. The van der Waals surface area contributed by atoms with Gasteiger partial charge in [-0.2, -0.15) is 13.2 Å². The van der Waals surface area contributed by atoms with Gasteiger partial charge in [0, 0.05) is 30.2 Å². The molecule has 37 heavy (non-hydrogen) atoms. The van der Waals surface area contributed by atoms with E-state index in [9.17, 15) is 18.0 Å². The molecule has 1 aromatic carbocycles. The molecule has 1 aliphatic carbocycles. The van der Waals surface area contributed by atoms with E-state index in [0.29, 0.717) is 23.0 Å². The first kappa shape index (κ1) is 23.3. The van der Waals surface area contributed by atoms with E-state index in [0.717, 1.165) is 35.7 Å². The summed E-state index contributed by atoms with van der Waals surface area (Å²) < 4.78 is 48.9. The summed E-state index contributed by atoms with van der Waals surface area (Å²) in [6.45, 7) is 1.53. The summed E-state index contributed by atoms with van der Waals surface area (Å²) in [5.74, 6) is 1.03. The van der Waals surface area contributed by atoms with Gasteiger partial charge in [-0.15, -0.1) is 0 Å². The maximum Gasteiger partial charge on any atom is 0.408 e. The number of carbonyl (C=O) groups is 1. The Labute approximate surface area is 210 Å². The van der Waals surface area contributed by atoms with E-state index in [4.69, 9.17) is 4.74 Å². The highest BCUT2D eigenvalue weighted by Crippen LogP contribution is 2.39. The zero-order chi connectivity index (χ0) is 25.7. The average Bonchev–Trinajstić information content (AvgIpc) is 3.46. The second-order valence-corrected chi connectivity index (χ2v) is 9.22. The largest absolute Gasteiger partial charge is 0.491 e. The molecule has 11 heteroatoms. The van der Waals surface area contributed by atoms with Crippen molar-refractivity contribution in [2.45, 2.75) is 37.9 Å². The van der Waals surface area contributed by atoms with Gasteiger partial charge in [0.05, 0.1) is 24.1 Å². The molecule has 1 atom stereocenters. The first-order valence-corrected chi connectivity index (χ1v) is 12.0. The first-order valence-electron chi connectivity index (χ1n) is 12.0. The minimum atomic E-state index is -4.44. The topological polar surface area (TPSA) is 78.1 Å². The van der Waals surface area contributed by atoms with Crippen molar-refractivity contribution in [1.82, 2.24) is 24.1 Å². The number of hydrogen-bond donors (Lipinski definition) is 0. The minimum Gasteiger partial charge on any atom is -0.491 e. The van der Waals surface area contributed by atoms with Crippen LogP contribution in [0, 0.1) is 0 Å².